The van der Waals surface area contributed by atoms with Crippen LogP contribution >= 0.6 is 22.6 Å². The van der Waals surface area contributed by atoms with Crippen molar-refractivity contribution in [2.24, 2.45) is 5.92 Å². The van der Waals surface area contributed by atoms with E-state index in [9.17, 15) is 9.59 Å². The lowest BCUT2D eigenvalue weighted by molar-refractivity contribution is -0.141. The number of amides is 1. The van der Waals surface area contributed by atoms with E-state index in [2.05, 4.69) is 5.32 Å². The molecule has 0 saturated carbocycles. The Morgan fingerprint density at radius 1 is 1.19 bits per heavy atom. The van der Waals surface area contributed by atoms with Crippen LogP contribution in [-0.2, 0) is 20.9 Å². The minimum atomic E-state index is -0.528. The second-order valence-electron chi connectivity index (χ2n) is 4.89. The molecule has 0 aliphatic carbocycles. The van der Waals surface area contributed by atoms with Crippen LogP contribution in [0.2, 0.25) is 0 Å². The van der Waals surface area contributed by atoms with E-state index in [0.29, 0.717) is 4.61 Å². The van der Waals surface area contributed by atoms with Gasteiger partial charge in [0.2, 0.25) is 0 Å². The van der Waals surface area contributed by atoms with Gasteiger partial charge in [-0.2, -0.15) is 0 Å². The van der Waals surface area contributed by atoms with Crippen LogP contribution in [0.15, 0.2) is 30.3 Å². The van der Waals surface area contributed by atoms with E-state index in [1.165, 1.54) is 0 Å². The maximum absolute atomic E-state index is 11.8. The average molecular weight is 405 g/mol. The number of alkyl halides is 1. The monoisotopic (exact) mass is 405 g/mol. The maximum Gasteiger partial charge on any atom is 0.407 e. The van der Waals surface area contributed by atoms with E-state index < -0.39 is 6.09 Å². The van der Waals surface area contributed by atoms with E-state index in [0.717, 1.165) is 5.56 Å². The second-order valence-corrected chi connectivity index (χ2v) is 5.51. The molecule has 0 fully saturated rings. The number of alkyl carbamates (subject to hydrolysis) is 1. The van der Waals surface area contributed by atoms with E-state index >= 15 is 0 Å². The fourth-order valence-corrected chi connectivity index (χ4v) is 2.02. The molecule has 0 aromatic heterocycles. The summed E-state index contributed by atoms with van der Waals surface area (Å²) in [6.07, 6.45) is -0.388. The molecule has 1 N–H and O–H groups in total. The summed E-state index contributed by atoms with van der Waals surface area (Å²) in [5.41, 5.74) is 0.915. The highest BCUT2D eigenvalue weighted by molar-refractivity contribution is 14.1. The molecule has 21 heavy (non-hydrogen) atoms. The zero-order valence-electron chi connectivity index (χ0n) is 12.2. The quantitative estimate of drug-likeness (QED) is 0.430. The molecular formula is C15H20INO4. The first-order chi connectivity index (χ1) is 10.0. The molecule has 1 unspecified atom stereocenters. The van der Waals surface area contributed by atoms with Gasteiger partial charge < -0.3 is 14.8 Å². The smallest absolute Gasteiger partial charge is 0.407 e. The molecule has 116 valence electrons. The summed E-state index contributed by atoms with van der Waals surface area (Å²) in [5, 5.41) is 2.71. The van der Waals surface area contributed by atoms with Crippen molar-refractivity contribution in [1.82, 2.24) is 5.32 Å². The molecule has 1 atom stereocenters. The molecule has 5 nitrogen and oxygen atoms in total. The lowest BCUT2D eigenvalue weighted by atomic mass is 10.0. The van der Waals surface area contributed by atoms with E-state index in [-0.39, 0.29) is 31.0 Å². The van der Waals surface area contributed by atoms with Crippen LogP contribution in [0.1, 0.15) is 25.8 Å². The maximum atomic E-state index is 11.8. The Bertz CT molecular complexity index is 450. The largest absolute Gasteiger partial charge is 0.455 e. The van der Waals surface area contributed by atoms with Crippen molar-refractivity contribution in [3.63, 3.8) is 0 Å². The number of carbonyl (C=O) groups excluding carboxylic acids is 2. The Balaban J connectivity index is 2.43. The summed E-state index contributed by atoms with van der Waals surface area (Å²) in [4.78, 5) is 23.3. The predicted octanol–water partition coefficient (Wildman–Crippen LogP) is 3.26. The number of hydrogen-bond acceptors (Lipinski definition) is 4. The minimum absolute atomic E-state index is 0.107. The molecular weight excluding hydrogens is 385 g/mol. The van der Waals surface area contributed by atoms with Gasteiger partial charge in [0.15, 0.2) is 0 Å². The number of hydrogen-bond donors (Lipinski definition) is 1. The number of ether oxygens (including phenoxy) is 2. The minimum Gasteiger partial charge on any atom is -0.455 e. The third kappa shape index (κ3) is 7.31. The highest BCUT2D eigenvalue weighted by Crippen LogP contribution is 2.09. The third-order valence-electron chi connectivity index (χ3n) is 2.92. The van der Waals surface area contributed by atoms with Gasteiger partial charge in [-0.15, -0.1) is 0 Å². The normalized spacial score (nSPS) is 11.8. The van der Waals surface area contributed by atoms with Crippen molar-refractivity contribution in [1.29, 1.82) is 0 Å². The van der Waals surface area contributed by atoms with E-state index in [4.69, 9.17) is 9.47 Å². The third-order valence-corrected chi connectivity index (χ3v) is 3.23. The summed E-state index contributed by atoms with van der Waals surface area (Å²) in [6, 6.07) is 9.12. The van der Waals surface area contributed by atoms with Gasteiger partial charge in [0.05, 0.1) is 6.42 Å². The molecule has 0 spiro atoms. The Morgan fingerprint density at radius 2 is 1.86 bits per heavy atom. The average Bonchev–Trinajstić information content (AvgIpc) is 2.45. The summed E-state index contributed by atoms with van der Waals surface area (Å²) in [5.74, 6) is -0.220. The Hall–Kier alpha value is -1.31. The fourth-order valence-electron chi connectivity index (χ4n) is 1.67. The highest BCUT2D eigenvalue weighted by Gasteiger charge is 2.21. The van der Waals surface area contributed by atoms with Gasteiger partial charge in [-0.25, -0.2) is 4.79 Å². The molecule has 1 rings (SSSR count). The molecule has 0 aliphatic rings. The summed E-state index contributed by atoms with van der Waals surface area (Å²) < 4.78 is 10.3. The summed E-state index contributed by atoms with van der Waals surface area (Å²) in [6.45, 7) is 4.06. The SMILES string of the molecule is CC(C)C(CC(=O)OCI)NC(=O)OCc1ccccc1. The predicted molar refractivity (Wildman–Crippen MR) is 88.0 cm³/mol. The standard InChI is InChI=1S/C15H20INO4/c1-11(2)13(8-14(18)21-10-16)17-15(19)20-9-12-6-4-3-5-7-12/h3-7,11,13H,8-10H2,1-2H3,(H,17,19). The summed E-state index contributed by atoms with van der Waals surface area (Å²) >= 11 is 1.96. The lowest BCUT2D eigenvalue weighted by Gasteiger charge is -2.21. The van der Waals surface area contributed by atoms with Gasteiger partial charge in [0.1, 0.15) is 11.2 Å². The number of benzene rings is 1. The number of nitrogens with one attached hydrogen (secondary N) is 1. The second kappa shape index (κ2) is 9.59. The molecule has 0 saturated heterocycles. The Morgan fingerprint density at radius 3 is 2.43 bits per heavy atom. The first kappa shape index (κ1) is 17.7. The number of halogens is 1. The van der Waals surface area contributed by atoms with Crippen LogP contribution in [0.3, 0.4) is 0 Å². The van der Waals surface area contributed by atoms with Gasteiger partial charge in [-0.1, -0.05) is 44.2 Å². The number of rotatable bonds is 7. The van der Waals surface area contributed by atoms with Crippen LogP contribution in [0.5, 0.6) is 0 Å². The van der Waals surface area contributed by atoms with E-state index in [1.807, 2.05) is 66.8 Å². The molecule has 1 aromatic rings. The first-order valence-electron chi connectivity index (χ1n) is 6.71. The van der Waals surface area contributed by atoms with Crippen LogP contribution < -0.4 is 5.32 Å². The number of carbonyl (C=O) groups is 2. The molecule has 1 amide bonds. The van der Waals surface area contributed by atoms with Crippen molar-refractivity contribution >= 4 is 34.7 Å². The van der Waals surface area contributed by atoms with Crippen molar-refractivity contribution < 1.29 is 19.1 Å². The Kier molecular flexibility index (Phi) is 8.11. The Labute approximate surface area is 138 Å². The molecule has 0 bridgehead atoms. The van der Waals surface area contributed by atoms with Crippen molar-refractivity contribution in [2.45, 2.75) is 32.9 Å². The van der Waals surface area contributed by atoms with Gasteiger partial charge in [0, 0.05) is 6.04 Å². The van der Waals surface area contributed by atoms with Gasteiger partial charge in [0.25, 0.3) is 0 Å². The van der Waals surface area contributed by atoms with Crippen LogP contribution in [-0.4, -0.2) is 22.7 Å². The molecule has 0 radical (unpaired) electrons. The summed E-state index contributed by atoms with van der Waals surface area (Å²) in [7, 11) is 0. The first-order valence-corrected chi connectivity index (χ1v) is 8.24. The van der Waals surface area contributed by atoms with E-state index in [1.54, 1.807) is 0 Å². The zero-order chi connectivity index (χ0) is 15.7. The van der Waals surface area contributed by atoms with Crippen LogP contribution in [0.25, 0.3) is 0 Å². The molecule has 0 aliphatic heterocycles. The molecule has 0 heterocycles. The topological polar surface area (TPSA) is 64.6 Å². The zero-order valence-corrected chi connectivity index (χ0v) is 14.3. The highest BCUT2D eigenvalue weighted by atomic mass is 127. The van der Waals surface area contributed by atoms with Crippen molar-refractivity contribution in [3.05, 3.63) is 35.9 Å². The number of esters is 1. The van der Waals surface area contributed by atoms with Gasteiger partial charge >= 0.3 is 12.1 Å². The van der Waals surface area contributed by atoms with Gasteiger partial charge in [-0.3, -0.25) is 4.79 Å². The van der Waals surface area contributed by atoms with Crippen molar-refractivity contribution in [3.8, 4) is 0 Å². The lowest BCUT2D eigenvalue weighted by Crippen LogP contribution is -2.40. The van der Waals surface area contributed by atoms with Gasteiger partial charge in [-0.05, 0) is 34.1 Å². The van der Waals surface area contributed by atoms with Crippen LogP contribution in [0.4, 0.5) is 4.79 Å². The molecule has 6 heteroatoms. The van der Waals surface area contributed by atoms with Crippen LogP contribution in [0, 0.1) is 5.92 Å². The van der Waals surface area contributed by atoms with Crippen molar-refractivity contribution in [2.75, 3.05) is 4.61 Å². The fraction of sp³-hybridized carbons (Fsp3) is 0.467. The molecule has 1 aromatic carbocycles.